The van der Waals surface area contributed by atoms with Crippen molar-refractivity contribution in [1.82, 2.24) is 19.2 Å². The van der Waals surface area contributed by atoms with Gasteiger partial charge in [-0.05, 0) is 18.2 Å². The fourth-order valence-electron chi connectivity index (χ4n) is 3.30. The Morgan fingerprint density at radius 1 is 1.03 bits per heavy atom. The van der Waals surface area contributed by atoms with Gasteiger partial charge in [-0.25, -0.2) is 12.8 Å². The minimum absolute atomic E-state index is 0.0350. The van der Waals surface area contributed by atoms with Crippen LogP contribution >= 0.6 is 11.6 Å². The van der Waals surface area contributed by atoms with Crippen molar-refractivity contribution in [2.75, 3.05) is 26.2 Å². The maximum absolute atomic E-state index is 13.9. The summed E-state index contributed by atoms with van der Waals surface area (Å²) in [4.78, 5) is 22.7. The average Bonchev–Trinajstić information content (AvgIpc) is 2.73. The molecule has 0 atom stereocenters. The predicted octanol–water partition coefficient (Wildman–Crippen LogP) is 2.57. The topological polar surface area (TPSA) is 83.5 Å². The molecule has 4 rings (SSSR count). The molecule has 10 heteroatoms. The van der Waals surface area contributed by atoms with Gasteiger partial charge in [0.15, 0.2) is 0 Å². The van der Waals surface area contributed by atoms with Crippen LogP contribution in [0.15, 0.2) is 53.7 Å². The molecular formula is C19H16ClFN4O3S. The van der Waals surface area contributed by atoms with Crippen molar-refractivity contribution in [1.29, 1.82) is 0 Å². The molecule has 0 N–H and O–H groups in total. The fraction of sp³-hybridized carbons (Fsp3) is 0.211. The zero-order valence-corrected chi connectivity index (χ0v) is 16.7. The number of hydrogen-bond acceptors (Lipinski definition) is 5. The molecule has 1 fully saturated rings. The highest BCUT2D eigenvalue weighted by Crippen LogP contribution is 2.26. The largest absolute Gasteiger partial charge is 0.336 e. The molecule has 2 aromatic carbocycles. The maximum Gasteiger partial charge on any atom is 0.256 e. The number of fused-ring (bicyclic) bond motifs is 1. The number of carbonyl (C=O) groups is 1. The van der Waals surface area contributed by atoms with Gasteiger partial charge in [0, 0.05) is 44.6 Å². The van der Waals surface area contributed by atoms with Gasteiger partial charge in [-0.2, -0.15) is 4.31 Å². The molecule has 0 saturated carbocycles. The smallest absolute Gasteiger partial charge is 0.256 e. The van der Waals surface area contributed by atoms with Crippen LogP contribution in [0.2, 0.25) is 5.02 Å². The van der Waals surface area contributed by atoms with E-state index in [1.165, 1.54) is 39.8 Å². The molecule has 3 aromatic rings. The number of nitrogens with zero attached hydrogens (tertiary/aromatic N) is 4. The van der Waals surface area contributed by atoms with E-state index in [0.29, 0.717) is 5.52 Å². The van der Waals surface area contributed by atoms with Gasteiger partial charge in [0.2, 0.25) is 10.0 Å². The Morgan fingerprint density at radius 3 is 2.45 bits per heavy atom. The molecule has 29 heavy (non-hydrogen) atoms. The standard InChI is InChI=1S/C19H16ClFN4O3S/c20-15-3-1-2-4-17(15)29(27,28)25-9-7-24(8-10-25)19(26)14-11-13(21)12-16-18(14)23-6-5-22-16/h1-6,11-12H,7-10H2. The Bertz CT molecular complexity index is 1200. The first-order valence-corrected chi connectivity index (χ1v) is 10.6. The van der Waals surface area contributed by atoms with Gasteiger partial charge in [0.1, 0.15) is 16.2 Å². The van der Waals surface area contributed by atoms with Crippen LogP contribution in [0.4, 0.5) is 4.39 Å². The Balaban J connectivity index is 1.55. The van der Waals surface area contributed by atoms with E-state index in [1.54, 1.807) is 12.1 Å². The molecule has 7 nitrogen and oxygen atoms in total. The first-order chi connectivity index (χ1) is 13.9. The fourth-order valence-corrected chi connectivity index (χ4v) is 5.21. The summed E-state index contributed by atoms with van der Waals surface area (Å²) < 4.78 is 40.9. The molecule has 1 aliphatic heterocycles. The van der Waals surface area contributed by atoms with Gasteiger partial charge in [-0.1, -0.05) is 23.7 Å². The van der Waals surface area contributed by atoms with E-state index in [2.05, 4.69) is 9.97 Å². The average molecular weight is 435 g/mol. The number of amides is 1. The lowest BCUT2D eigenvalue weighted by Crippen LogP contribution is -2.50. The van der Waals surface area contributed by atoms with E-state index in [4.69, 9.17) is 11.6 Å². The molecule has 150 valence electrons. The summed E-state index contributed by atoms with van der Waals surface area (Å²) in [6.45, 7) is 0.554. The van der Waals surface area contributed by atoms with Crippen LogP contribution < -0.4 is 0 Å². The van der Waals surface area contributed by atoms with Crippen molar-refractivity contribution in [2.24, 2.45) is 0 Å². The monoisotopic (exact) mass is 434 g/mol. The normalized spacial score (nSPS) is 15.6. The molecule has 0 bridgehead atoms. The number of hydrogen-bond donors (Lipinski definition) is 0. The van der Waals surface area contributed by atoms with E-state index in [-0.39, 0.29) is 47.2 Å². The molecule has 1 aliphatic rings. The highest BCUT2D eigenvalue weighted by Gasteiger charge is 2.32. The lowest BCUT2D eigenvalue weighted by Gasteiger charge is -2.34. The quantitative estimate of drug-likeness (QED) is 0.632. The van der Waals surface area contributed by atoms with Crippen LogP contribution in [-0.2, 0) is 10.0 Å². The third kappa shape index (κ3) is 3.68. The molecule has 0 spiro atoms. The SMILES string of the molecule is O=C(c1cc(F)cc2nccnc12)N1CCN(S(=O)(=O)c2ccccc2Cl)CC1. The van der Waals surface area contributed by atoms with Crippen molar-refractivity contribution in [3.05, 3.63) is 65.2 Å². The van der Waals surface area contributed by atoms with Crippen LogP contribution in [0.5, 0.6) is 0 Å². The van der Waals surface area contributed by atoms with Crippen LogP contribution in [0.25, 0.3) is 11.0 Å². The van der Waals surface area contributed by atoms with Gasteiger partial charge in [-0.3, -0.25) is 14.8 Å². The second-order valence-electron chi connectivity index (χ2n) is 6.50. The summed E-state index contributed by atoms with van der Waals surface area (Å²) in [5.41, 5.74) is 0.705. The van der Waals surface area contributed by atoms with Gasteiger partial charge >= 0.3 is 0 Å². The molecule has 1 saturated heterocycles. The second-order valence-corrected chi connectivity index (χ2v) is 8.82. The van der Waals surface area contributed by atoms with Gasteiger partial charge in [-0.15, -0.1) is 0 Å². The molecule has 0 aliphatic carbocycles. The number of carbonyl (C=O) groups excluding carboxylic acids is 1. The van der Waals surface area contributed by atoms with Crippen molar-refractivity contribution in [3.8, 4) is 0 Å². The van der Waals surface area contributed by atoms with Crippen LogP contribution in [-0.4, -0.2) is 59.7 Å². The summed E-state index contributed by atoms with van der Waals surface area (Å²) >= 11 is 6.04. The molecule has 0 radical (unpaired) electrons. The van der Waals surface area contributed by atoms with Gasteiger partial charge in [0.05, 0.1) is 16.1 Å². The van der Waals surface area contributed by atoms with Crippen molar-refractivity contribution in [3.63, 3.8) is 0 Å². The summed E-state index contributed by atoms with van der Waals surface area (Å²) in [5, 5.41) is 0.149. The third-order valence-electron chi connectivity index (χ3n) is 4.75. The highest BCUT2D eigenvalue weighted by molar-refractivity contribution is 7.89. The lowest BCUT2D eigenvalue weighted by atomic mass is 10.1. The van der Waals surface area contributed by atoms with Gasteiger partial charge < -0.3 is 4.90 Å². The van der Waals surface area contributed by atoms with Crippen LogP contribution in [0.3, 0.4) is 0 Å². The third-order valence-corrected chi connectivity index (χ3v) is 7.15. The Morgan fingerprint density at radius 2 is 1.72 bits per heavy atom. The molecule has 1 amide bonds. The van der Waals surface area contributed by atoms with E-state index >= 15 is 0 Å². The molecule has 1 aromatic heterocycles. The number of piperazine rings is 1. The van der Waals surface area contributed by atoms with E-state index in [1.807, 2.05) is 0 Å². The maximum atomic E-state index is 13.9. The van der Waals surface area contributed by atoms with Crippen molar-refractivity contribution in [2.45, 2.75) is 4.90 Å². The number of sulfonamides is 1. The van der Waals surface area contributed by atoms with E-state index in [9.17, 15) is 17.6 Å². The Hall–Kier alpha value is -2.62. The molecule has 0 unspecified atom stereocenters. The van der Waals surface area contributed by atoms with E-state index in [0.717, 1.165) is 6.07 Å². The molecular weight excluding hydrogens is 419 g/mol. The van der Waals surface area contributed by atoms with Crippen molar-refractivity contribution >= 4 is 38.6 Å². The molecule has 2 heterocycles. The first kappa shape index (κ1) is 19.7. The summed E-state index contributed by atoms with van der Waals surface area (Å²) in [6, 6.07) is 8.58. The zero-order chi connectivity index (χ0) is 20.6. The number of rotatable bonds is 3. The number of halogens is 2. The van der Waals surface area contributed by atoms with E-state index < -0.39 is 21.7 Å². The Kier molecular flexibility index (Phi) is 5.20. The highest BCUT2D eigenvalue weighted by atomic mass is 35.5. The minimum atomic E-state index is -3.77. The lowest BCUT2D eigenvalue weighted by molar-refractivity contribution is 0.0699. The number of benzene rings is 2. The van der Waals surface area contributed by atoms with Crippen LogP contribution in [0.1, 0.15) is 10.4 Å². The van der Waals surface area contributed by atoms with Crippen molar-refractivity contribution < 1.29 is 17.6 Å². The number of aromatic nitrogens is 2. The first-order valence-electron chi connectivity index (χ1n) is 8.82. The Labute approximate surface area is 171 Å². The zero-order valence-electron chi connectivity index (χ0n) is 15.1. The second kappa shape index (κ2) is 7.66. The predicted molar refractivity (Wildman–Crippen MR) is 106 cm³/mol. The minimum Gasteiger partial charge on any atom is -0.336 e. The van der Waals surface area contributed by atoms with Crippen LogP contribution in [0, 0.1) is 5.82 Å². The van der Waals surface area contributed by atoms with Gasteiger partial charge in [0.25, 0.3) is 5.91 Å². The summed E-state index contributed by atoms with van der Waals surface area (Å²) in [5.74, 6) is -0.994. The summed E-state index contributed by atoms with van der Waals surface area (Å²) in [7, 11) is -3.77. The summed E-state index contributed by atoms with van der Waals surface area (Å²) in [6.07, 6.45) is 2.86.